The molecule has 1 aliphatic rings. The van der Waals surface area contributed by atoms with Crippen molar-refractivity contribution in [2.75, 3.05) is 24.7 Å². The predicted octanol–water partition coefficient (Wildman–Crippen LogP) is 0.466. The van der Waals surface area contributed by atoms with Gasteiger partial charge in [0.25, 0.3) is 0 Å². The Labute approximate surface area is 132 Å². The summed E-state index contributed by atoms with van der Waals surface area (Å²) in [7, 11) is -3.19. The zero-order valence-electron chi connectivity index (χ0n) is 12.6. The Bertz CT molecular complexity index is 891. The van der Waals surface area contributed by atoms with Crippen molar-refractivity contribution < 1.29 is 13.2 Å². The van der Waals surface area contributed by atoms with E-state index in [0.29, 0.717) is 42.7 Å². The largest absolute Gasteiger partial charge is 0.326 e. The summed E-state index contributed by atoms with van der Waals surface area (Å²) in [4.78, 5) is 28.8. The van der Waals surface area contributed by atoms with Crippen molar-refractivity contribution in [3.63, 3.8) is 0 Å². The molecular weight excluding hydrogens is 320 g/mol. The Morgan fingerprint density at radius 2 is 1.87 bits per heavy atom. The third-order valence-corrected chi connectivity index (χ3v) is 5.38. The average molecular weight is 338 g/mol. The molecule has 1 aromatic heterocycles. The van der Waals surface area contributed by atoms with E-state index in [1.165, 1.54) is 10.6 Å². The van der Waals surface area contributed by atoms with Crippen molar-refractivity contribution in [1.29, 1.82) is 0 Å². The van der Waals surface area contributed by atoms with Crippen molar-refractivity contribution in [2.24, 2.45) is 5.92 Å². The maximum atomic E-state index is 12.3. The average Bonchev–Trinajstić information content (AvgIpc) is 2.86. The minimum Gasteiger partial charge on any atom is -0.326 e. The molecular formula is C14H18N4O4S. The summed E-state index contributed by atoms with van der Waals surface area (Å²) in [6.07, 6.45) is 2.19. The Hall–Kier alpha value is -2.13. The molecule has 1 fully saturated rings. The van der Waals surface area contributed by atoms with Crippen LogP contribution in [0, 0.1) is 5.92 Å². The number of carbonyl (C=O) groups is 1. The van der Waals surface area contributed by atoms with E-state index in [1.54, 1.807) is 18.2 Å². The van der Waals surface area contributed by atoms with Gasteiger partial charge in [-0.3, -0.25) is 4.79 Å². The highest BCUT2D eigenvalue weighted by atomic mass is 32.2. The van der Waals surface area contributed by atoms with Gasteiger partial charge in [-0.15, -0.1) is 0 Å². The van der Waals surface area contributed by atoms with Gasteiger partial charge in [0.15, 0.2) is 0 Å². The Morgan fingerprint density at radius 1 is 1.22 bits per heavy atom. The zero-order chi connectivity index (χ0) is 16.6. The number of nitrogens with zero attached hydrogens (tertiary/aromatic N) is 1. The number of benzene rings is 1. The number of hydrogen-bond acceptors (Lipinski definition) is 4. The fraction of sp³-hybridized carbons (Fsp3) is 0.429. The highest BCUT2D eigenvalue weighted by Gasteiger charge is 2.28. The van der Waals surface area contributed by atoms with E-state index in [2.05, 4.69) is 15.3 Å². The van der Waals surface area contributed by atoms with Gasteiger partial charge < -0.3 is 15.3 Å². The van der Waals surface area contributed by atoms with Crippen LogP contribution in [0.2, 0.25) is 0 Å². The summed E-state index contributed by atoms with van der Waals surface area (Å²) >= 11 is 0. The molecule has 1 saturated heterocycles. The number of nitrogens with one attached hydrogen (secondary N) is 3. The first-order chi connectivity index (χ1) is 10.8. The standard InChI is InChI=1S/C14H18N4O4S/c1-23(21,22)18-6-4-9(5-7-18)13(19)15-10-2-3-11-12(8-10)17-14(20)16-11/h2-3,8-9H,4-7H2,1H3,(H,15,19)(H2,16,17,20). The molecule has 1 amide bonds. The van der Waals surface area contributed by atoms with Crippen LogP contribution in [0.4, 0.5) is 5.69 Å². The maximum Gasteiger partial charge on any atom is 0.323 e. The minimum absolute atomic E-state index is 0.129. The second-order valence-electron chi connectivity index (χ2n) is 5.77. The number of aromatic nitrogens is 2. The van der Waals surface area contributed by atoms with Gasteiger partial charge in [-0.05, 0) is 31.0 Å². The quantitative estimate of drug-likeness (QED) is 0.754. The fourth-order valence-electron chi connectivity index (χ4n) is 2.80. The van der Waals surface area contributed by atoms with Crippen molar-refractivity contribution in [2.45, 2.75) is 12.8 Å². The maximum absolute atomic E-state index is 12.3. The van der Waals surface area contributed by atoms with E-state index in [4.69, 9.17) is 0 Å². The summed E-state index contributed by atoms with van der Waals surface area (Å²) in [6.45, 7) is 0.724. The number of H-pyrrole nitrogens is 2. The van der Waals surface area contributed by atoms with Crippen LogP contribution in [-0.2, 0) is 14.8 Å². The Balaban J connectivity index is 1.66. The molecule has 23 heavy (non-hydrogen) atoms. The van der Waals surface area contributed by atoms with Crippen LogP contribution >= 0.6 is 0 Å². The lowest BCUT2D eigenvalue weighted by Crippen LogP contribution is -2.40. The zero-order valence-corrected chi connectivity index (χ0v) is 13.4. The molecule has 9 heteroatoms. The monoisotopic (exact) mass is 338 g/mol. The van der Waals surface area contributed by atoms with Gasteiger partial charge in [0, 0.05) is 24.7 Å². The number of piperidine rings is 1. The second kappa shape index (κ2) is 5.82. The lowest BCUT2D eigenvalue weighted by atomic mass is 9.97. The molecule has 0 unspecified atom stereocenters. The number of rotatable bonds is 3. The summed E-state index contributed by atoms with van der Waals surface area (Å²) in [5.74, 6) is -0.343. The molecule has 3 N–H and O–H groups in total. The lowest BCUT2D eigenvalue weighted by Gasteiger charge is -2.29. The third kappa shape index (κ3) is 3.45. The van der Waals surface area contributed by atoms with Crippen LogP contribution in [0.15, 0.2) is 23.0 Å². The molecule has 8 nitrogen and oxygen atoms in total. The number of amides is 1. The molecule has 0 saturated carbocycles. The highest BCUT2D eigenvalue weighted by molar-refractivity contribution is 7.88. The number of aromatic amines is 2. The van der Waals surface area contributed by atoms with Crippen molar-refractivity contribution in [1.82, 2.24) is 14.3 Å². The molecule has 1 aliphatic heterocycles. The van der Waals surface area contributed by atoms with Crippen molar-refractivity contribution in [3.05, 3.63) is 28.7 Å². The van der Waals surface area contributed by atoms with Crippen LogP contribution in [0.3, 0.4) is 0 Å². The van der Waals surface area contributed by atoms with Crippen LogP contribution < -0.4 is 11.0 Å². The number of anilines is 1. The molecule has 0 spiro atoms. The summed E-state index contributed by atoms with van der Waals surface area (Å²) in [5, 5.41) is 2.82. The van der Waals surface area contributed by atoms with E-state index in [0.717, 1.165) is 0 Å². The molecule has 2 heterocycles. The van der Waals surface area contributed by atoms with E-state index in [9.17, 15) is 18.0 Å². The molecule has 0 bridgehead atoms. The van der Waals surface area contributed by atoms with E-state index in [1.807, 2.05) is 0 Å². The molecule has 0 radical (unpaired) electrons. The SMILES string of the molecule is CS(=O)(=O)N1CCC(C(=O)Nc2ccc3[nH]c(=O)[nH]c3c2)CC1. The molecule has 0 atom stereocenters. The van der Waals surface area contributed by atoms with Gasteiger partial charge in [0.1, 0.15) is 0 Å². The number of hydrogen-bond donors (Lipinski definition) is 3. The van der Waals surface area contributed by atoms with Gasteiger partial charge in [-0.1, -0.05) is 0 Å². The topological polar surface area (TPSA) is 115 Å². The lowest BCUT2D eigenvalue weighted by molar-refractivity contribution is -0.120. The summed E-state index contributed by atoms with van der Waals surface area (Å²) < 4.78 is 24.3. The second-order valence-corrected chi connectivity index (χ2v) is 7.75. The normalized spacial score (nSPS) is 17.4. The fourth-order valence-corrected chi connectivity index (χ4v) is 3.68. The minimum atomic E-state index is -3.19. The van der Waals surface area contributed by atoms with E-state index < -0.39 is 10.0 Å². The van der Waals surface area contributed by atoms with Gasteiger partial charge in [-0.25, -0.2) is 17.5 Å². The van der Waals surface area contributed by atoms with Crippen molar-refractivity contribution in [3.8, 4) is 0 Å². The number of sulfonamides is 1. The number of fused-ring (bicyclic) bond motifs is 1. The first-order valence-electron chi connectivity index (χ1n) is 7.31. The van der Waals surface area contributed by atoms with Gasteiger partial charge >= 0.3 is 5.69 Å². The van der Waals surface area contributed by atoms with Crippen LogP contribution in [0.1, 0.15) is 12.8 Å². The third-order valence-electron chi connectivity index (χ3n) is 4.08. The Kier molecular flexibility index (Phi) is 3.99. The first-order valence-corrected chi connectivity index (χ1v) is 9.16. The van der Waals surface area contributed by atoms with Crippen LogP contribution in [0.25, 0.3) is 11.0 Å². The van der Waals surface area contributed by atoms with Crippen LogP contribution in [0.5, 0.6) is 0 Å². The van der Waals surface area contributed by atoms with E-state index in [-0.39, 0.29) is 17.5 Å². The van der Waals surface area contributed by atoms with E-state index >= 15 is 0 Å². The Morgan fingerprint density at radius 3 is 2.52 bits per heavy atom. The highest BCUT2D eigenvalue weighted by Crippen LogP contribution is 2.22. The molecule has 0 aliphatic carbocycles. The van der Waals surface area contributed by atoms with Crippen LogP contribution in [-0.4, -0.2) is 47.9 Å². The smallest absolute Gasteiger partial charge is 0.323 e. The van der Waals surface area contributed by atoms with Crippen molar-refractivity contribution >= 4 is 32.7 Å². The van der Waals surface area contributed by atoms with Gasteiger partial charge in [0.2, 0.25) is 15.9 Å². The molecule has 2 aromatic rings. The van der Waals surface area contributed by atoms with Gasteiger partial charge in [-0.2, -0.15) is 0 Å². The van der Waals surface area contributed by atoms with Gasteiger partial charge in [0.05, 0.1) is 17.3 Å². The molecule has 124 valence electrons. The summed E-state index contributed by atoms with van der Waals surface area (Å²) in [6, 6.07) is 5.13. The number of imidazole rings is 1. The molecule has 1 aromatic carbocycles. The first kappa shape index (κ1) is 15.8. The molecule has 3 rings (SSSR count). The predicted molar refractivity (Wildman–Crippen MR) is 86.7 cm³/mol. The number of carbonyl (C=O) groups excluding carboxylic acids is 1. The summed E-state index contributed by atoms with van der Waals surface area (Å²) in [5.41, 5.74) is 1.61.